The standard InChI is InChI=1S/C12H9N3OS/c1-2-8-5-12(16)15(7-8)9-3-4-10-11(6-9)14-17-13-10/h1,3-4,6,8H,5,7H2. The molecule has 0 bridgehead atoms. The van der Waals surface area contributed by atoms with Gasteiger partial charge in [-0.1, -0.05) is 0 Å². The molecule has 0 N–H and O–H groups in total. The second-order valence-electron chi connectivity index (χ2n) is 4.01. The number of nitrogens with zero attached hydrogens (tertiary/aromatic N) is 3. The molecule has 1 aliphatic rings. The van der Waals surface area contributed by atoms with Crippen molar-refractivity contribution < 1.29 is 4.79 Å². The first-order valence-electron chi connectivity index (χ1n) is 5.27. The van der Waals surface area contributed by atoms with Gasteiger partial charge in [0.1, 0.15) is 11.0 Å². The van der Waals surface area contributed by atoms with E-state index >= 15 is 0 Å². The van der Waals surface area contributed by atoms with Crippen LogP contribution in [0.2, 0.25) is 0 Å². The topological polar surface area (TPSA) is 46.1 Å². The molecule has 1 aromatic heterocycles. The van der Waals surface area contributed by atoms with E-state index in [4.69, 9.17) is 6.42 Å². The molecular weight excluding hydrogens is 234 g/mol. The lowest BCUT2D eigenvalue weighted by atomic mass is 10.1. The minimum absolute atomic E-state index is 0.0201. The summed E-state index contributed by atoms with van der Waals surface area (Å²) in [4.78, 5) is 13.5. The summed E-state index contributed by atoms with van der Waals surface area (Å²) in [5, 5.41) is 0. The van der Waals surface area contributed by atoms with Crippen molar-refractivity contribution in [2.24, 2.45) is 5.92 Å². The SMILES string of the molecule is C#CC1CC(=O)N(c2ccc3nsnc3c2)C1. The van der Waals surface area contributed by atoms with Crippen LogP contribution in [0.1, 0.15) is 6.42 Å². The molecule has 1 fully saturated rings. The van der Waals surface area contributed by atoms with Gasteiger partial charge in [0.25, 0.3) is 0 Å². The third-order valence-corrected chi connectivity index (χ3v) is 3.47. The number of amides is 1. The van der Waals surface area contributed by atoms with Crippen LogP contribution >= 0.6 is 11.7 Å². The Morgan fingerprint density at radius 1 is 1.41 bits per heavy atom. The Bertz CT molecular complexity index is 628. The summed E-state index contributed by atoms with van der Waals surface area (Å²) in [6.07, 6.45) is 5.80. The van der Waals surface area contributed by atoms with Gasteiger partial charge in [-0.15, -0.1) is 12.3 Å². The molecule has 0 saturated carbocycles. The molecule has 1 atom stereocenters. The molecule has 1 unspecified atom stereocenters. The van der Waals surface area contributed by atoms with Crippen LogP contribution in [0.25, 0.3) is 11.0 Å². The number of fused-ring (bicyclic) bond motifs is 1. The van der Waals surface area contributed by atoms with Gasteiger partial charge >= 0.3 is 0 Å². The van der Waals surface area contributed by atoms with Crippen LogP contribution in [0.5, 0.6) is 0 Å². The van der Waals surface area contributed by atoms with E-state index in [9.17, 15) is 4.79 Å². The fourth-order valence-electron chi connectivity index (χ4n) is 2.01. The molecule has 0 aliphatic carbocycles. The zero-order valence-corrected chi connectivity index (χ0v) is 9.78. The van der Waals surface area contributed by atoms with E-state index in [-0.39, 0.29) is 11.8 Å². The van der Waals surface area contributed by atoms with Gasteiger partial charge in [0, 0.05) is 24.6 Å². The van der Waals surface area contributed by atoms with Crippen LogP contribution in [-0.2, 0) is 4.79 Å². The monoisotopic (exact) mass is 243 g/mol. The molecule has 0 radical (unpaired) electrons. The summed E-state index contributed by atoms with van der Waals surface area (Å²) in [5.41, 5.74) is 2.54. The maximum atomic E-state index is 11.8. The van der Waals surface area contributed by atoms with Gasteiger partial charge in [-0.3, -0.25) is 4.79 Å². The molecule has 1 amide bonds. The summed E-state index contributed by atoms with van der Waals surface area (Å²) in [6.45, 7) is 0.596. The number of aromatic nitrogens is 2. The first-order valence-corrected chi connectivity index (χ1v) is 6.00. The number of carbonyl (C=O) groups is 1. The van der Waals surface area contributed by atoms with Crippen LogP contribution in [0.4, 0.5) is 5.69 Å². The largest absolute Gasteiger partial charge is 0.311 e. The highest BCUT2D eigenvalue weighted by Crippen LogP contribution is 2.27. The van der Waals surface area contributed by atoms with E-state index < -0.39 is 0 Å². The summed E-state index contributed by atoms with van der Waals surface area (Å²) >= 11 is 1.17. The van der Waals surface area contributed by atoms with Crippen LogP contribution < -0.4 is 4.90 Å². The predicted molar refractivity (Wildman–Crippen MR) is 66.7 cm³/mol. The number of anilines is 1. The molecule has 1 aromatic carbocycles. The molecule has 17 heavy (non-hydrogen) atoms. The smallest absolute Gasteiger partial charge is 0.228 e. The second kappa shape index (κ2) is 3.82. The van der Waals surface area contributed by atoms with Crippen molar-refractivity contribution in [2.45, 2.75) is 6.42 Å². The minimum atomic E-state index is 0.0201. The Hall–Kier alpha value is -1.93. The lowest BCUT2D eigenvalue weighted by Crippen LogP contribution is -2.24. The third kappa shape index (κ3) is 1.67. The average Bonchev–Trinajstić information content (AvgIpc) is 2.93. The average molecular weight is 243 g/mol. The Kier molecular flexibility index (Phi) is 2.30. The molecule has 5 heteroatoms. The molecule has 2 aromatic rings. The van der Waals surface area contributed by atoms with Gasteiger partial charge in [-0.25, -0.2) is 0 Å². The zero-order chi connectivity index (χ0) is 11.8. The van der Waals surface area contributed by atoms with Crippen molar-refractivity contribution in [3.63, 3.8) is 0 Å². The molecule has 4 nitrogen and oxygen atoms in total. The Morgan fingerprint density at radius 3 is 3.00 bits per heavy atom. The Morgan fingerprint density at radius 2 is 2.24 bits per heavy atom. The number of benzene rings is 1. The van der Waals surface area contributed by atoms with E-state index in [1.807, 2.05) is 18.2 Å². The molecule has 84 valence electrons. The molecule has 1 aliphatic heterocycles. The van der Waals surface area contributed by atoms with E-state index in [1.165, 1.54) is 11.7 Å². The highest BCUT2D eigenvalue weighted by atomic mass is 32.1. The summed E-state index contributed by atoms with van der Waals surface area (Å²) in [7, 11) is 0. The van der Waals surface area contributed by atoms with Crippen molar-refractivity contribution >= 4 is 34.4 Å². The van der Waals surface area contributed by atoms with Crippen LogP contribution in [0.15, 0.2) is 18.2 Å². The van der Waals surface area contributed by atoms with Gasteiger partial charge in [0.15, 0.2) is 0 Å². The van der Waals surface area contributed by atoms with Crippen molar-refractivity contribution in [3.8, 4) is 12.3 Å². The van der Waals surface area contributed by atoms with Crippen LogP contribution in [0, 0.1) is 18.3 Å². The van der Waals surface area contributed by atoms with Crippen LogP contribution in [0.3, 0.4) is 0 Å². The fourth-order valence-corrected chi connectivity index (χ4v) is 2.52. The van der Waals surface area contributed by atoms with Gasteiger partial charge in [0.05, 0.1) is 11.7 Å². The summed E-state index contributed by atoms with van der Waals surface area (Å²) in [5.74, 6) is 2.74. The van der Waals surface area contributed by atoms with E-state index in [2.05, 4.69) is 14.7 Å². The maximum absolute atomic E-state index is 11.8. The number of terminal acetylenes is 1. The number of carbonyl (C=O) groups excluding carboxylic acids is 1. The molecule has 2 heterocycles. The number of rotatable bonds is 1. The van der Waals surface area contributed by atoms with Gasteiger partial charge in [-0.2, -0.15) is 8.75 Å². The predicted octanol–water partition coefficient (Wildman–Crippen LogP) is 1.68. The van der Waals surface area contributed by atoms with Gasteiger partial charge < -0.3 is 4.90 Å². The Labute approximate surface area is 103 Å². The number of hydrogen-bond donors (Lipinski definition) is 0. The Balaban J connectivity index is 1.98. The van der Waals surface area contributed by atoms with Gasteiger partial charge in [-0.05, 0) is 18.2 Å². The summed E-state index contributed by atoms with van der Waals surface area (Å²) < 4.78 is 8.30. The second-order valence-corrected chi connectivity index (χ2v) is 4.54. The molecular formula is C12H9N3OS. The minimum Gasteiger partial charge on any atom is -0.311 e. The van der Waals surface area contributed by atoms with E-state index in [1.54, 1.807) is 4.90 Å². The van der Waals surface area contributed by atoms with Crippen molar-refractivity contribution in [3.05, 3.63) is 18.2 Å². The summed E-state index contributed by atoms with van der Waals surface area (Å²) in [6, 6.07) is 5.65. The van der Waals surface area contributed by atoms with Gasteiger partial charge in [0.2, 0.25) is 5.91 Å². The normalized spacial score (nSPS) is 19.8. The molecule has 3 rings (SSSR count). The fraction of sp³-hybridized carbons (Fsp3) is 0.250. The van der Waals surface area contributed by atoms with Crippen molar-refractivity contribution in [1.82, 2.24) is 8.75 Å². The van der Waals surface area contributed by atoms with Crippen molar-refractivity contribution in [2.75, 3.05) is 11.4 Å². The van der Waals surface area contributed by atoms with Crippen molar-refractivity contribution in [1.29, 1.82) is 0 Å². The quantitative estimate of drug-likeness (QED) is 0.716. The highest BCUT2D eigenvalue weighted by molar-refractivity contribution is 7.00. The lowest BCUT2D eigenvalue weighted by Gasteiger charge is -2.15. The molecule has 1 saturated heterocycles. The van der Waals surface area contributed by atoms with E-state index in [0.717, 1.165) is 16.7 Å². The first kappa shape index (κ1) is 10.2. The lowest BCUT2D eigenvalue weighted by molar-refractivity contribution is -0.117. The third-order valence-electron chi connectivity index (χ3n) is 2.91. The van der Waals surface area contributed by atoms with Crippen LogP contribution in [-0.4, -0.2) is 21.2 Å². The zero-order valence-electron chi connectivity index (χ0n) is 8.96. The molecule has 0 spiro atoms. The first-order chi connectivity index (χ1) is 8.28. The maximum Gasteiger partial charge on any atom is 0.228 e. The van der Waals surface area contributed by atoms with E-state index in [0.29, 0.717) is 13.0 Å². The number of hydrogen-bond acceptors (Lipinski definition) is 4. The highest BCUT2D eigenvalue weighted by Gasteiger charge is 2.29.